The topological polar surface area (TPSA) is 57.7 Å². The number of aromatic nitrogens is 3. The first-order chi connectivity index (χ1) is 16.1. The van der Waals surface area contributed by atoms with Crippen molar-refractivity contribution >= 4 is 22.5 Å². The van der Waals surface area contributed by atoms with E-state index in [2.05, 4.69) is 84.8 Å². The lowest BCUT2D eigenvalue weighted by atomic mass is 10.0. The van der Waals surface area contributed by atoms with Crippen LogP contribution in [0.5, 0.6) is 0 Å². The molecule has 0 spiro atoms. The predicted octanol–water partition coefficient (Wildman–Crippen LogP) is 5.67. The SMILES string of the molecule is CCc1cc(C)c2nc(CC)n(Cc3ccc4c(c3)CCc3ccccc3N4CC#N)c2n1. The van der Waals surface area contributed by atoms with Crippen molar-refractivity contribution in [3.8, 4) is 6.07 Å². The summed E-state index contributed by atoms with van der Waals surface area (Å²) in [6.45, 7) is 7.52. The number of anilines is 2. The predicted molar refractivity (Wildman–Crippen MR) is 133 cm³/mol. The zero-order chi connectivity index (χ0) is 22.9. The molecule has 0 aliphatic carbocycles. The number of hydrogen-bond donors (Lipinski definition) is 0. The Morgan fingerprint density at radius 2 is 1.73 bits per heavy atom. The maximum absolute atomic E-state index is 9.50. The first-order valence-electron chi connectivity index (χ1n) is 11.8. The summed E-state index contributed by atoms with van der Waals surface area (Å²) in [5.74, 6) is 1.07. The molecule has 4 aromatic rings. The van der Waals surface area contributed by atoms with Crippen LogP contribution in [0.25, 0.3) is 11.2 Å². The van der Waals surface area contributed by atoms with Crippen LogP contribution in [0, 0.1) is 18.3 Å². The normalized spacial score (nSPS) is 12.8. The molecule has 2 aromatic heterocycles. The molecule has 0 amide bonds. The Balaban J connectivity index is 1.57. The van der Waals surface area contributed by atoms with E-state index in [0.29, 0.717) is 6.54 Å². The summed E-state index contributed by atoms with van der Waals surface area (Å²) in [6, 6.07) is 19.6. The third-order valence-electron chi connectivity index (χ3n) is 6.65. The van der Waals surface area contributed by atoms with Crippen LogP contribution in [0.4, 0.5) is 11.4 Å². The van der Waals surface area contributed by atoms with Crippen LogP contribution in [0.1, 0.15) is 47.6 Å². The largest absolute Gasteiger partial charge is 0.327 e. The van der Waals surface area contributed by atoms with Gasteiger partial charge in [-0.1, -0.05) is 44.2 Å². The van der Waals surface area contributed by atoms with E-state index in [1.807, 2.05) is 0 Å². The van der Waals surface area contributed by atoms with Crippen LogP contribution >= 0.6 is 0 Å². The number of nitrogens with zero attached hydrogens (tertiary/aromatic N) is 5. The van der Waals surface area contributed by atoms with Gasteiger partial charge in [0.2, 0.25) is 0 Å². The molecule has 5 rings (SSSR count). The lowest BCUT2D eigenvalue weighted by Crippen LogP contribution is -2.18. The Morgan fingerprint density at radius 1 is 0.939 bits per heavy atom. The highest BCUT2D eigenvalue weighted by Gasteiger charge is 2.21. The second-order valence-corrected chi connectivity index (χ2v) is 8.76. The minimum absolute atomic E-state index is 0.346. The summed E-state index contributed by atoms with van der Waals surface area (Å²) in [7, 11) is 0. The van der Waals surface area contributed by atoms with Crippen LogP contribution in [0.15, 0.2) is 48.5 Å². The van der Waals surface area contributed by atoms with E-state index in [9.17, 15) is 5.26 Å². The number of nitriles is 1. The summed E-state index contributed by atoms with van der Waals surface area (Å²) in [4.78, 5) is 12.0. The van der Waals surface area contributed by atoms with Crippen molar-refractivity contribution in [2.45, 2.75) is 53.0 Å². The molecule has 0 bridgehead atoms. The number of rotatable bonds is 5. The monoisotopic (exact) mass is 435 g/mol. The van der Waals surface area contributed by atoms with E-state index in [1.165, 1.54) is 22.3 Å². The second-order valence-electron chi connectivity index (χ2n) is 8.76. The summed E-state index contributed by atoms with van der Waals surface area (Å²) >= 11 is 0. The molecule has 0 atom stereocenters. The number of pyridine rings is 1. The van der Waals surface area contributed by atoms with Gasteiger partial charge in [-0.15, -0.1) is 0 Å². The first-order valence-corrected chi connectivity index (χ1v) is 11.8. The van der Waals surface area contributed by atoms with Crippen molar-refractivity contribution in [1.29, 1.82) is 5.26 Å². The first kappa shape index (κ1) is 21.2. The molecular formula is C28H29N5. The molecule has 166 valence electrons. The van der Waals surface area contributed by atoms with E-state index in [-0.39, 0.29) is 0 Å². The molecule has 2 aromatic carbocycles. The van der Waals surface area contributed by atoms with Gasteiger partial charge in [-0.2, -0.15) is 5.26 Å². The van der Waals surface area contributed by atoms with E-state index in [4.69, 9.17) is 9.97 Å². The number of fused-ring (bicyclic) bond motifs is 3. The fourth-order valence-electron chi connectivity index (χ4n) is 4.98. The fourth-order valence-corrected chi connectivity index (χ4v) is 4.98. The van der Waals surface area contributed by atoms with E-state index in [1.54, 1.807) is 0 Å². The maximum Gasteiger partial charge on any atom is 0.160 e. The van der Waals surface area contributed by atoms with Crippen LogP contribution in [0.3, 0.4) is 0 Å². The fraction of sp³-hybridized carbons (Fsp3) is 0.321. The van der Waals surface area contributed by atoms with Crippen molar-refractivity contribution in [3.05, 3.63) is 82.3 Å². The van der Waals surface area contributed by atoms with Crippen molar-refractivity contribution in [2.75, 3.05) is 11.4 Å². The highest BCUT2D eigenvalue weighted by atomic mass is 15.1. The average Bonchev–Trinajstić information content (AvgIpc) is 3.11. The van der Waals surface area contributed by atoms with Crippen molar-refractivity contribution in [3.63, 3.8) is 0 Å². The van der Waals surface area contributed by atoms with Crippen LogP contribution < -0.4 is 4.90 Å². The van der Waals surface area contributed by atoms with Crippen molar-refractivity contribution in [2.24, 2.45) is 0 Å². The Labute approximate surface area is 195 Å². The molecule has 0 N–H and O–H groups in total. The zero-order valence-corrected chi connectivity index (χ0v) is 19.6. The number of para-hydroxylation sites is 1. The molecule has 0 unspecified atom stereocenters. The molecule has 3 heterocycles. The Bertz CT molecular complexity index is 1380. The third-order valence-corrected chi connectivity index (χ3v) is 6.65. The summed E-state index contributed by atoms with van der Waals surface area (Å²) in [5.41, 5.74) is 10.4. The molecule has 5 nitrogen and oxygen atoms in total. The van der Waals surface area contributed by atoms with Gasteiger partial charge < -0.3 is 9.47 Å². The summed E-state index contributed by atoms with van der Waals surface area (Å²) in [5, 5.41) is 9.50. The van der Waals surface area contributed by atoms with Crippen LogP contribution in [-0.2, 0) is 32.2 Å². The smallest absolute Gasteiger partial charge is 0.160 e. The van der Waals surface area contributed by atoms with Crippen LogP contribution in [-0.4, -0.2) is 21.1 Å². The molecule has 5 heteroatoms. The number of hydrogen-bond acceptors (Lipinski definition) is 4. The number of aryl methyl sites for hydroxylation is 5. The quantitative estimate of drug-likeness (QED) is 0.379. The zero-order valence-electron chi connectivity index (χ0n) is 19.6. The average molecular weight is 436 g/mol. The lowest BCUT2D eigenvalue weighted by Gasteiger charge is -2.24. The van der Waals surface area contributed by atoms with Gasteiger partial charge in [0.05, 0.1) is 12.6 Å². The van der Waals surface area contributed by atoms with Gasteiger partial charge in [0.15, 0.2) is 5.65 Å². The Morgan fingerprint density at radius 3 is 2.52 bits per heavy atom. The molecule has 33 heavy (non-hydrogen) atoms. The Hall–Kier alpha value is -3.65. The second kappa shape index (κ2) is 8.71. The molecule has 0 radical (unpaired) electrons. The molecule has 0 fully saturated rings. The number of imidazole rings is 1. The highest BCUT2D eigenvalue weighted by Crippen LogP contribution is 2.36. The van der Waals surface area contributed by atoms with Gasteiger partial charge in [-0.05, 0) is 66.6 Å². The van der Waals surface area contributed by atoms with Crippen molar-refractivity contribution in [1.82, 2.24) is 14.5 Å². The molecule has 1 aliphatic rings. The van der Waals surface area contributed by atoms with Gasteiger partial charge in [0.1, 0.15) is 17.9 Å². The van der Waals surface area contributed by atoms with E-state index >= 15 is 0 Å². The maximum atomic E-state index is 9.50. The standard InChI is InChI=1S/C28H29N5/c1-4-23-16-19(3)27-28(30-23)33(26(5-2)31-27)18-20-10-13-25-22(17-20)12-11-21-8-6-7-9-24(21)32(25)15-14-29/h6-10,13,16-17H,4-5,11-12,15,18H2,1-3H3. The third kappa shape index (κ3) is 3.76. The van der Waals surface area contributed by atoms with E-state index < -0.39 is 0 Å². The summed E-state index contributed by atoms with van der Waals surface area (Å²) < 4.78 is 2.28. The van der Waals surface area contributed by atoms with Crippen LogP contribution in [0.2, 0.25) is 0 Å². The number of benzene rings is 2. The molecule has 0 saturated carbocycles. The minimum atomic E-state index is 0.346. The Kier molecular flexibility index (Phi) is 5.60. The summed E-state index contributed by atoms with van der Waals surface area (Å²) in [6.07, 6.45) is 3.72. The van der Waals surface area contributed by atoms with Gasteiger partial charge in [0.25, 0.3) is 0 Å². The lowest BCUT2D eigenvalue weighted by molar-refractivity contribution is 0.743. The molecule has 1 aliphatic heterocycles. The van der Waals surface area contributed by atoms with Gasteiger partial charge in [-0.3, -0.25) is 0 Å². The van der Waals surface area contributed by atoms with Gasteiger partial charge in [0, 0.05) is 23.5 Å². The highest BCUT2D eigenvalue weighted by molar-refractivity contribution is 5.76. The van der Waals surface area contributed by atoms with Gasteiger partial charge >= 0.3 is 0 Å². The van der Waals surface area contributed by atoms with Gasteiger partial charge in [-0.25, -0.2) is 9.97 Å². The molecule has 0 saturated heterocycles. The molecular weight excluding hydrogens is 406 g/mol. The minimum Gasteiger partial charge on any atom is -0.327 e. The van der Waals surface area contributed by atoms with E-state index in [0.717, 1.165) is 66.3 Å². The van der Waals surface area contributed by atoms with Crippen molar-refractivity contribution < 1.29 is 0 Å².